The van der Waals surface area contributed by atoms with Crippen LogP contribution in [0, 0.1) is 20.2 Å². The predicted octanol–water partition coefficient (Wildman–Crippen LogP) is 2.58. The quantitative estimate of drug-likeness (QED) is 0.344. The van der Waals surface area contributed by atoms with Gasteiger partial charge in [-0.1, -0.05) is 0 Å². The molecule has 2 aromatic rings. The molecule has 0 bridgehead atoms. The van der Waals surface area contributed by atoms with Crippen LogP contribution in [-0.4, -0.2) is 32.0 Å². The van der Waals surface area contributed by atoms with E-state index in [1.54, 1.807) is 0 Å². The summed E-state index contributed by atoms with van der Waals surface area (Å²) in [6.07, 6.45) is 0. The van der Waals surface area contributed by atoms with Gasteiger partial charge >= 0.3 is 11.9 Å². The van der Waals surface area contributed by atoms with Gasteiger partial charge in [0.1, 0.15) is 0 Å². The largest absolute Gasteiger partial charge is 0.478 e. The molecule has 0 fully saturated rings. The van der Waals surface area contributed by atoms with Gasteiger partial charge in [0.05, 0.1) is 21.0 Å². The van der Waals surface area contributed by atoms with Gasteiger partial charge in [0.25, 0.3) is 11.4 Å². The molecule has 2 N–H and O–H groups in total. The number of nitrogens with zero attached hydrogens (tertiary/aromatic N) is 2. The summed E-state index contributed by atoms with van der Waals surface area (Å²) in [6.45, 7) is 0. The summed E-state index contributed by atoms with van der Waals surface area (Å²) in [6, 6.07) is 8.68. The first-order chi connectivity index (χ1) is 12.2. The minimum absolute atomic E-state index is 0.0566. The number of carbonyl (C=O) groups is 2. The Morgan fingerprint density at radius 2 is 0.923 bits per heavy atom. The third-order valence-corrected chi connectivity index (χ3v) is 3.41. The van der Waals surface area contributed by atoms with Crippen LogP contribution in [0.4, 0.5) is 11.4 Å². The van der Waals surface area contributed by atoms with Crippen molar-refractivity contribution in [2.75, 3.05) is 0 Å². The summed E-state index contributed by atoms with van der Waals surface area (Å²) in [5.41, 5.74) is -1.88. The van der Waals surface area contributed by atoms with Gasteiger partial charge < -0.3 is 10.2 Å². The highest BCUT2D eigenvalue weighted by atomic mass is 16.6. The van der Waals surface area contributed by atoms with Crippen molar-refractivity contribution in [2.45, 2.75) is 0 Å². The van der Waals surface area contributed by atoms with Crippen molar-refractivity contribution in [3.63, 3.8) is 0 Å². The highest BCUT2D eigenvalue weighted by Gasteiger charge is 2.24. The van der Waals surface area contributed by atoms with E-state index in [2.05, 4.69) is 0 Å². The lowest BCUT2D eigenvalue weighted by molar-refractivity contribution is -0.385. The fourth-order valence-electron chi connectivity index (χ4n) is 2.25. The number of carboxylic acid groups (broad SMARTS) is 2. The summed E-state index contributed by atoms with van der Waals surface area (Å²) in [7, 11) is 0. The standard InChI is InChI=1S/C16H10N2O8/c19-15(20)13(9-1-5-11(6-2-9)17(23)24)14(16(21)22)10-3-7-12(8-4-10)18(25)26/h1-8H,(H,19,20)(H,21,22). The van der Waals surface area contributed by atoms with Crippen LogP contribution in [-0.2, 0) is 9.59 Å². The number of nitro groups is 2. The van der Waals surface area contributed by atoms with Crippen molar-refractivity contribution in [1.29, 1.82) is 0 Å². The molecule has 2 rings (SSSR count). The maximum absolute atomic E-state index is 11.6. The summed E-state index contributed by atoms with van der Waals surface area (Å²) >= 11 is 0. The van der Waals surface area contributed by atoms with E-state index < -0.39 is 32.9 Å². The Kier molecular flexibility index (Phi) is 5.07. The molecule has 0 unspecified atom stereocenters. The van der Waals surface area contributed by atoms with Crippen LogP contribution in [0.25, 0.3) is 11.1 Å². The molecule has 0 aromatic heterocycles. The Hall–Kier alpha value is -4.08. The van der Waals surface area contributed by atoms with Gasteiger partial charge in [0.15, 0.2) is 0 Å². The average Bonchev–Trinajstić information content (AvgIpc) is 2.59. The molecule has 0 aliphatic carbocycles. The van der Waals surface area contributed by atoms with Crippen LogP contribution in [0.15, 0.2) is 48.5 Å². The molecule has 0 radical (unpaired) electrons. The Morgan fingerprint density at radius 3 is 1.12 bits per heavy atom. The van der Waals surface area contributed by atoms with E-state index in [1.165, 1.54) is 0 Å². The number of benzene rings is 2. The summed E-state index contributed by atoms with van der Waals surface area (Å²) < 4.78 is 0. The molecule has 26 heavy (non-hydrogen) atoms. The van der Waals surface area contributed by atoms with Gasteiger partial charge in [-0.05, 0) is 35.4 Å². The van der Waals surface area contributed by atoms with Gasteiger partial charge in [0, 0.05) is 24.3 Å². The zero-order chi connectivity index (χ0) is 19.4. The molecule has 0 saturated carbocycles. The molecular weight excluding hydrogens is 348 g/mol. The molecule has 0 atom stereocenters. The molecule has 10 heteroatoms. The smallest absolute Gasteiger partial charge is 0.337 e. The molecule has 10 nitrogen and oxygen atoms in total. The Labute approximate surface area is 144 Å². The summed E-state index contributed by atoms with van der Waals surface area (Å²) in [5.74, 6) is -3.12. The normalized spacial score (nSPS) is 11.4. The number of nitro benzene ring substituents is 2. The number of hydrogen-bond acceptors (Lipinski definition) is 6. The Balaban J connectivity index is 2.67. The van der Waals surface area contributed by atoms with Gasteiger partial charge in [-0.3, -0.25) is 20.2 Å². The van der Waals surface area contributed by atoms with Gasteiger partial charge in [0.2, 0.25) is 0 Å². The van der Waals surface area contributed by atoms with E-state index in [1.807, 2.05) is 0 Å². The fraction of sp³-hybridized carbons (Fsp3) is 0. The van der Waals surface area contributed by atoms with Crippen LogP contribution in [0.1, 0.15) is 11.1 Å². The number of non-ortho nitro benzene ring substituents is 2. The van der Waals surface area contributed by atoms with Crippen molar-refractivity contribution in [3.05, 3.63) is 79.9 Å². The maximum Gasteiger partial charge on any atom is 0.337 e. The van der Waals surface area contributed by atoms with Crippen LogP contribution in [0.2, 0.25) is 0 Å². The Morgan fingerprint density at radius 1 is 0.654 bits per heavy atom. The fourth-order valence-corrected chi connectivity index (χ4v) is 2.25. The minimum atomic E-state index is -1.56. The monoisotopic (exact) mass is 358 g/mol. The third kappa shape index (κ3) is 3.70. The molecule has 0 amide bonds. The van der Waals surface area contributed by atoms with Gasteiger partial charge in [-0.25, -0.2) is 9.59 Å². The van der Waals surface area contributed by atoms with Crippen molar-refractivity contribution >= 4 is 34.5 Å². The third-order valence-electron chi connectivity index (χ3n) is 3.41. The lowest BCUT2D eigenvalue weighted by atomic mass is 9.94. The first-order valence-corrected chi connectivity index (χ1v) is 6.93. The first-order valence-electron chi connectivity index (χ1n) is 6.93. The minimum Gasteiger partial charge on any atom is -0.478 e. The number of rotatable bonds is 6. The van der Waals surface area contributed by atoms with Crippen molar-refractivity contribution in [3.8, 4) is 0 Å². The second-order valence-electron chi connectivity index (χ2n) is 4.97. The van der Waals surface area contributed by atoms with Gasteiger partial charge in [-0.15, -0.1) is 0 Å². The molecule has 2 aromatic carbocycles. The van der Waals surface area contributed by atoms with E-state index >= 15 is 0 Å². The summed E-state index contributed by atoms with van der Waals surface area (Å²) in [4.78, 5) is 43.3. The second-order valence-corrected chi connectivity index (χ2v) is 4.97. The number of carboxylic acids is 2. The lowest BCUT2D eigenvalue weighted by Gasteiger charge is -2.09. The van der Waals surface area contributed by atoms with Crippen molar-refractivity contribution in [1.82, 2.24) is 0 Å². The first kappa shape index (κ1) is 18.3. The second kappa shape index (κ2) is 7.21. The predicted molar refractivity (Wildman–Crippen MR) is 88.3 cm³/mol. The van der Waals surface area contributed by atoms with Crippen LogP contribution in [0.3, 0.4) is 0 Å². The zero-order valence-electron chi connectivity index (χ0n) is 12.9. The molecule has 132 valence electrons. The topological polar surface area (TPSA) is 161 Å². The molecular formula is C16H10N2O8. The summed E-state index contributed by atoms with van der Waals surface area (Å²) in [5, 5.41) is 40.3. The molecule has 0 heterocycles. The number of aliphatic carboxylic acids is 2. The molecule has 0 spiro atoms. The highest BCUT2D eigenvalue weighted by molar-refractivity contribution is 6.36. The van der Waals surface area contributed by atoms with Crippen LogP contribution in [0.5, 0.6) is 0 Å². The Bertz CT molecular complexity index is 852. The van der Waals surface area contributed by atoms with Gasteiger partial charge in [-0.2, -0.15) is 0 Å². The van der Waals surface area contributed by atoms with Crippen LogP contribution >= 0.6 is 0 Å². The highest BCUT2D eigenvalue weighted by Crippen LogP contribution is 2.29. The van der Waals surface area contributed by atoms with Crippen molar-refractivity contribution in [2.24, 2.45) is 0 Å². The maximum atomic E-state index is 11.6. The van der Waals surface area contributed by atoms with E-state index in [9.17, 15) is 40.0 Å². The van der Waals surface area contributed by atoms with E-state index in [0.717, 1.165) is 48.5 Å². The van der Waals surface area contributed by atoms with E-state index in [4.69, 9.17) is 0 Å². The lowest BCUT2D eigenvalue weighted by Crippen LogP contribution is -2.10. The molecule has 0 saturated heterocycles. The molecule has 0 aliphatic heterocycles. The van der Waals surface area contributed by atoms with E-state index in [0.29, 0.717) is 0 Å². The average molecular weight is 358 g/mol. The number of hydrogen-bond donors (Lipinski definition) is 2. The SMILES string of the molecule is O=C(O)C(=C(C(=O)O)c1ccc([N+](=O)[O-])cc1)c1ccc([N+](=O)[O-])cc1. The van der Waals surface area contributed by atoms with Crippen LogP contribution < -0.4 is 0 Å². The van der Waals surface area contributed by atoms with E-state index in [-0.39, 0.29) is 22.5 Å². The molecule has 0 aliphatic rings. The zero-order valence-corrected chi connectivity index (χ0v) is 12.9. The van der Waals surface area contributed by atoms with Crippen molar-refractivity contribution < 1.29 is 29.6 Å².